The minimum atomic E-state index is 0.648. The molecule has 0 saturated heterocycles. The fourth-order valence-corrected chi connectivity index (χ4v) is 20.5. The molecule has 16 heteroatoms. The molecule has 814 valence electrons. The Hall–Kier alpha value is -8.66. The Morgan fingerprint density at radius 1 is 0.151 bits per heavy atom. The highest BCUT2D eigenvalue weighted by atomic mass is 16.5. The van der Waals surface area contributed by atoms with Gasteiger partial charge in [-0.05, 0) is 266 Å². The molecule has 0 saturated carbocycles. The summed E-state index contributed by atoms with van der Waals surface area (Å²) in [6.07, 6.45) is 86.5. The highest BCUT2D eigenvalue weighted by Crippen LogP contribution is 2.51. The fraction of sp³-hybridized carbons (Fsp3) is 0.677. The smallest absolute Gasteiger partial charge is 0.243 e. The zero-order valence-electron chi connectivity index (χ0n) is 94.2. The largest absolute Gasteiger partial charge is 0.490 e. The Morgan fingerprint density at radius 2 is 0.274 bits per heavy atom. The van der Waals surface area contributed by atoms with Crippen LogP contribution in [0, 0.1) is 0 Å². The van der Waals surface area contributed by atoms with E-state index in [0.717, 1.165) is 314 Å². The van der Waals surface area contributed by atoms with E-state index in [1.54, 1.807) is 0 Å². The third kappa shape index (κ3) is 43.0. The lowest BCUT2D eigenvalue weighted by atomic mass is 9.93. The van der Waals surface area contributed by atoms with Crippen LogP contribution >= 0.6 is 0 Å². The topological polar surface area (TPSA) is 128 Å². The van der Waals surface area contributed by atoms with E-state index in [2.05, 4.69) is 198 Å². The van der Waals surface area contributed by atoms with Gasteiger partial charge in [-0.2, -0.15) is 0 Å². The van der Waals surface area contributed by atoms with Crippen molar-refractivity contribution < 1.29 is 66.0 Å². The van der Waals surface area contributed by atoms with Gasteiger partial charge in [0, 0.05) is 0 Å². The van der Waals surface area contributed by atoms with E-state index < -0.39 is 0 Å². The molecule has 0 N–H and O–H groups in total. The van der Waals surface area contributed by atoms with Crippen molar-refractivity contribution in [2.45, 2.75) is 494 Å². The van der Waals surface area contributed by atoms with Crippen molar-refractivity contribution in [3.63, 3.8) is 0 Å². The predicted octanol–water partition coefficient (Wildman–Crippen LogP) is 37.8. The Kier molecular flexibility index (Phi) is 60.7. The lowest BCUT2D eigenvalue weighted by Crippen LogP contribution is -2.30. The maximum atomic E-state index is 6.92. The zero-order chi connectivity index (χ0) is 103. The first-order valence-corrected chi connectivity index (χ1v) is 60.9. The van der Waals surface area contributed by atoms with Gasteiger partial charge in [-0.3, -0.25) is 0 Å². The summed E-state index contributed by atoms with van der Waals surface area (Å²) >= 11 is 0. The number of unbranched alkanes of at least 4 members (excludes halogenated alkanes) is 49. The number of hydrogen-bond donors (Lipinski definition) is 0. The van der Waals surface area contributed by atoms with Gasteiger partial charge < -0.3 is 56.8 Å². The summed E-state index contributed by atoms with van der Waals surface area (Å²) in [5.41, 5.74) is 0. The number of imidazole rings is 2. The van der Waals surface area contributed by atoms with E-state index in [1.165, 1.54) is 244 Å². The maximum absolute atomic E-state index is 6.92. The Balaban J connectivity index is 0.630. The molecular weight excluding hydrogens is 1810 g/mol. The fourth-order valence-electron chi connectivity index (χ4n) is 20.5. The number of benzene rings is 8. The molecule has 0 fully saturated rings. The number of nitrogens with zero attached hydrogens (tertiary/aromatic N) is 4. The summed E-state index contributed by atoms with van der Waals surface area (Å²) in [7, 11) is 0. The van der Waals surface area contributed by atoms with Gasteiger partial charge in [0.15, 0.2) is 69.0 Å². The van der Waals surface area contributed by atoms with E-state index in [9.17, 15) is 0 Å². The number of hydrogen-bond acceptors (Lipinski definition) is 12. The van der Waals surface area contributed by atoms with Crippen molar-refractivity contribution in [3.8, 4) is 69.0 Å². The summed E-state index contributed by atoms with van der Waals surface area (Å²) in [6.45, 7) is 34.9. The van der Waals surface area contributed by atoms with Crippen LogP contribution in [0.5, 0.6) is 69.0 Å². The molecule has 10 rings (SSSR count). The van der Waals surface area contributed by atoms with Crippen LogP contribution in [0.4, 0.5) is 0 Å². The van der Waals surface area contributed by atoms with Crippen LogP contribution in [0.2, 0.25) is 0 Å². The first kappa shape index (κ1) is 119. The van der Waals surface area contributed by atoms with Crippen LogP contribution in [-0.2, 0) is 26.2 Å². The van der Waals surface area contributed by atoms with Gasteiger partial charge in [0.1, 0.15) is 24.8 Å². The van der Waals surface area contributed by atoms with Crippen molar-refractivity contribution >= 4 is 64.6 Å². The van der Waals surface area contributed by atoms with Crippen LogP contribution in [0.3, 0.4) is 0 Å². The van der Waals surface area contributed by atoms with Crippen LogP contribution < -0.4 is 66.0 Å². The number of ether oxygens (including phenoxy) is 12. The molecular formula is C130H204N4O12+2. The first-order valence-electron chi connectivity index (χ1n) is 60.9. The average Bonchev–Trinajstić information content (AvgIpc) is 0.764. The Morgan fingerprint density at radius 3 is 0.418 bits per heavy atom. The maximum Gasteiger partial charge on any atom is 0.243 e. The monoisotopic (exact) mass is 2010 g/mol. The summed E-state index contributed by atoms with van der Waals surface area (Å²) in [4.78, 5) is 0. The molecule has 0 amide bonds. The summed E-state index contributed by atoms with van der Waals surface area (Å²) in [6, 6.07) is 27.2. The lowest BCUT2D eigenvalue weighted by molar-refractivity contribution is -0.697. The van der Waals surface area contributed by atoms with Gasteiger partial charge in [0.25, 0.3) is 0 Å². The van der Waals surface area contributed by atoms with E-state index in [4.69, 9.17) is 56.8 Å². The van der Waals surface area contributed by atoms with Crippen LogP contribution in [0.1, 0.15) is 467 Å². The zero-order valence-corrected chi connectivity index (χ0v) is 94.2. The third-order valence-corrected chi connectivity index (χ3v) is 29.5. The average molecular weight is 2020 g/mol. The second-order valence-electron chi connectivity index (χ2n) is 42.4. The minimum absolute atomic E-state index is 0.648. The number of rotatable bonds is 93. The van der Waals surface area contributed by atoms with E-state index in [1.807, 2.05) is 0 Å². The predicted molar refractivity (Wildman–Crippen MR) is 616 cm³/mol. The van der Waals surface area contributed by atoms with Gasteiger partial charge in [0.05, 0.1) is 105 Å². The molecule has 0 aliphatic rings. The van der Waals surface area contributed by atoms with Crippen molar-refractivity contribution in [3.05, 3.63) is 110 Å². The highest BCUT2D eigenvalue weighted by molar-refractivity contribution is 6.28. The third-order valence-electron chi connectivity index (χ3n) is 29.5. The summed E-state index contributed by atoms with van der Waals surface area (Å²) in [5.74, 6) is 9.74. The Bertz CT molecular complexity index is 4710. The van der Waals surface area contributed by atoms with E-state index in [-0.39, 0.29) is 0 Å². The van der Waals surface area contributed by atoms with E-state index >= 15 is 0 Å². The molecule has 146 heavy (non-hydrogen) atoms. The van der Waals surface area contributed by atoms with Crippen molar-refractivity contribution in [2.75, 3.05) is 79.3 Å². The SMILES string of the molecule is CCCCCCOc1cc2c3cc(OCCCCCC)c(OCCCCCC)cc3c3cc(OCCCCCCCCCC[n+]4ccn(CCCCCCCCn5cc[n+](CCCCCCCCCCOc6cc7c8cc(OCCCCCC)c(OCCCCCC)cc8c8cc(OCCCCCC)c(OCCCCCC)cc8c7cc6OCCCCCC)c5)c4)c(OCCCCCC)cc3c2cc1OCCCCCC. The molecule has 8 aromatic carbocycles. The van der Waals surface area contributed by atoms with E-state index in [0.29, 0.717) is 79.3 Å². The lowest BCUT2D eigenvalue weighted by Gasteiger charge is -2.21. The second-order valence-corrected chi connectivity index (χ2v) is 42.4. The molecule has 0 aliphatic heterocycles. The van der Waals surface area contributed by atoms with Gasteiger partial charge in [-0.15, -0.1) is 0 Å². The van der Waals surface area contributed by atoms with Gasteiger partial charge in [-0.1, -0.05) is 339 Å². The van der Waals surface area contributed by atoms with Gasteiger partial charge in [0.2, 0.25) is 12.7 Å². The number of aromatic nitrogens is 4. The first-order chi connectivity index (χ1) is 72.2. The molecule has 16 nitrogen and oxygen atoms in total. The molecule has 0 atom stereocenters. The molecule has 0 radical (unpaired) electrons. The molecule has 10 aromatic rings. The van der Waals surface area contributed by atoms with Crippen molar-refractivity contribution in [1.29, 1.82) is 0 Å². The van der Waals surface area contributed by atoms with Crippen LogP contribution in [0.25, 0.3) is 64.6 Å². The Labute approximate surface area is 886 Å². The number of fused-ring (bicyclic) bond motifs is 12. The van der Waals surface area contributed by atoms with Crippen molar-refractivity contribution in [1.82, 2.24) is 9.13 Å². The quantitative estimate of drug-likeness (QED) is 0.0204. The number of aryl methyl sites for hydroxylation is 4. The van der Waals surface area contributed by atoms with Crippen LogP contribution in [-0.4, -0.2) is 88.4 Å². The molecule has 2 aromatic heterocycles. The second kappa shape index (κ2) is 74.3. The molecule has 0 spiro atoms. The molecule has 2 heterocycles. The normalized spacial score (nSPS) is 11.7. The van der Waals surface area contributed by atoms with Gasteiger partial charge in [-0.25, -0.2) is 18.3 Å². The highest BCUT2D eigenvalue weighted by Gasteiger charge is 2.26. The summed E-state index contributed by atoms with van der Waals surface area (Å²) in [5, 5.41) is 13.4. The molecule has 0 aliphatic carbocycles. The van der Waals surface area contributed by atoms with Crippen LogP contribution in [0.15, 0.2) is 110 Å². The molecule has 0 bridgehead atoms. The standard InChI is InChI=1S/C130H204N4O12/c1-11-21-31-61-81-135-119-93-107-109-95-121(137-83-63-33-23-13-3)125(141-87-67-37-27-17-7)99-113(109)117-103-129(127(143-89-69-39-29-19-9)101-115(117)111(107)97-123(119)139-85-65-35-25-15-5)145-91-71-55-49-43-41-45-51-57-73-131-77-79-133(105-131)75-59-53-47-48-54-60-76-134-80-78-132(106-134)74-58-52-46-42-44-50-56-72-92-146-130-104-118-114-100-126(142-88-68-38-28-18-8)122(138-84-64-34-24-14-4)96-110(114)108-94-120(136-82-62-32-22-12-2)124(140-86-66-36-26-16-6)98-112(108)116(118)102-128(130)144-90-70-40-30-20-10/h77-80,93-106H,11-76,81-92H2,1-10H3/q+2. The summed E-state index contributed by atoms with van der Waals surface area (Å²) < 4.78 is 91.3. The van der Waals surface area contributed by atoms with Gasteiger partial charge >= 0.3 is 0 Å². The van der Waals surface area contributed by atoms with Crippen molar-refractivity contribution in [2.24, 2.45) is 0 Å². The molecule has 0 unspecified atom stereocenters. The minimum Gasteiger partial charge on any atom is -0.490 e.